The lowest BCUT2D eigenvalue weighted by atomic mass is 10.0. The molecule has 1 aliphatic rings. The lowest BCUT2D eigenvalue weighted by molar-refractivity contribution is 0.463. The van der Waals surface area contributed by atoms with Gasteiger partial charge in [0.2, 0.25) is 0 Å². The Bertz CT molecular complexity index is 271. The molecule has 0 radical (unpaired) electrons. The van der Waals surface area contributed by atoms with Crippen molar-refractivity contribution in [1.82, 2.24) is 5.32 Å². The number of allylic oxidation sites excluding steroid dienone is 1. The van der Waals surface area contributed by atoms with Crippen molar-refractivity contribution in [2.75, 3.05) is 12.3 Å². The fraction of sp³-hybridized carbons (Fsp3) is 0.750. The summed E-state index contributed by atoms with van der Waals surface area (Å²) in [6.07, 6.45) is 7.26. The van der Waals surface area contributed by atoms with Gasteiger partial charge in [-0.05, 0) is 19.3 Å². The van der Waals surface area contributed by atoms with Gasteiger partial charge in [-0.25, -0.2) is 0 Å². The summed E-state index contributed by atoms with van der Waals surface area (Å²) in [5.41, 5.74) is 0. The molecular weight excluding hydrogens is 190 g/mol. The van der Waals surface area contributed by atoms with E-state index in [2.05, 4.69) is 17.5 Å². The Labute approximate surface area is 78.8 Å². The highest BCUT2D eigenvalue weighted by Crippen LogP contribution is 2.09. The fourth-order valence-electron chi connectivity index (χ4n) is 1.37. The number of nitrogens with one attached hydrogen (secondary N) is 1. The molecule has 0 heterocycles. The molecular formula is C8H15NO3S. The zero-order chi connectivity index (χ0) is 9.73. The third-order valence-corrected chi connectivity index (χ3v) is 2.78. The van der Waals surface area contributed by atoms with E-state index in [0.717, 1.165) is 19.3 Å². The normalized spacial score (nSPS) is 23.3. The third kappa shape index (κ3) is 5.02. The van der Waals surface area contributed by atoms with Gasteiger partial charge in [0.05, 0.1) is 5.75 Å². The standard InChI is InChI=1S/C8H15NO3S/c10-13(11,12)7-6-9-8-4-2-1-3-5-8/h1-2,8-9H,3-7H2,(H,10,11,12). The fourth-order valence-corrected chi connectivity index (χ4v) is 1.75. The van der Waals surface area contributed by atoms with Gasteiger partial charge in [-0.15, -0.1) is 0 Å². The van der Waals surface area contributed by atoms with E-state index in [1.807, 2.05) is 0 Å². The van der Waals surface area contributed by atoms with Crippen LogP contribution in [0.1, 0.15) is 19.3 Å². The molecule has 4 nitrogen and oxygen atoms in total. The molecule has 2 N–H and O–H groups in total. The zero-order valence-corrected chi connectivity index (χ0v) is 8.26. The van der Waals surface area contributed by atoms with E-state index in [0.29, 0.717) is 12.6 Å². The van der Waals surface area contributed by atoms with Crippen LogP contribution >= 0.6 is 0 Å². The van der Waals surface area contributed by atoms with E-state index in [4.69, 9.17) is 4.55 Å². The Morgan fingerprint density at radius 2 is 2.23 bits per heavy atom. The van der Waals surface area contributed by atoms with Crippen molar-refractivity contribution in [3.8, 4) is 0 Å². The summed E-state index contributed by atoms with van der Waals surface area (Å²) in [6, 6.07) is 0.367. The molecule has 0 saturated carbocycles. The SMILES string of the molecule is O=S(=O)(O)CCNC1CC=CCC1. The van der Waals surface area contributed by atoms with Crippen molar-refractivity contribution < 1.29 is 13.0 Å². The summed E-state index contributed by atoms with van der Waals surface area (Å²) < 4.78 is 29.2. The van der Waals surface area contributed by atoms with E-state index in [1.54, 1.807) is 0 Å². The van der Waals surface area contributed by atoms with Crippen LogP contribution in [0.5, 0.6) is 0 Å². The van der Waals surface area contributed by atoms with E-state index in [1.165, 1.54) is 0 Å². The first kappa shape index (κ1) is 10.7. The number of rotatable bonds is 4. The summed E-state index contributed by atoms with van der Waals surface area (Å²) in [6.45, 7) is 0.331. The van der Waals surface area contributed by atoms with Crippen LogP contribution in [0.15, 0.2) is 12.2 Å². The molecule has 0 aliphatic heterocycles. The summed E-state index contributed by atoms with van der Waals surface area (Å²) in [4.78, 5) is 0. The van der Waals surface area contributed by atoms with Gasteiger partial charge in [-0.2, -0.15) is 8.42 Å². The van der Waals surface area contributed by atoms with E-state index < -0.39 is 10.1 Å². The molecule has 1 unspecified atom stereocenters. The Morgan fingerprint density at radius 3 is 2.77 bits per heavy atom. The van der Waals surface area contributed by atoms with Gasteiger partial charge in [-0.1, -0.05) is 12.2 Å². The Balaban J connectivity index is 2.16. The molecule has 13 heavy (non-hydrogen) atoms. The van der Waals surface area contributed by atoms with Crippen molar-refractivity contribution in [3.63, 3.8) is 0 Å². The summed E-state index contributed by atoms with van der Waals surface area (Å²) in [7, 11) is -3.81. The van der Waals surface area contributed by atoms with Gasteiger partial charge in [0.1, 0.15) is 0 Å². The first-order valence-corrected chi connectivity index (χ1v) is 6.02. The van der Waals surface area contributed by atoms with Crippen molar-refractivity contribution in [2.24, 2.45) is 0 Å². The first-order valence-electron chi connectivity index (χ1n) is 4.41. The average molecular weight is 205 g/mol. The molecule has 76 valence electrons. The minimum atomic E-state index is -3.81. The van der Waals surface area contributed by atoms with Crippen LogP contribution in [0.3, 0.4) is 0 Å². The van der Waals surface area contributed by atoms with Crippen molar-refractivity contribution >= 4 is 10.1 Å². The molecule has 0 aromatic carbocycles. The topological polar surface area (TPSA) is 66.4 Å². The van der Waals surface area contributed by atoms with Crippen LogP contribution in [0.4, 0.5) is 0 Å². The lowest BCUT2D eigenvalue weighted by Gasteiger charge is -2.18. The highest BCUT2D eigenvalue weighted by atomic mass is 32.2. The van der Waals surface area contributed by atoms with E-state index in [-0.39, 0.29) is 5.75 Å². The second-order valence-corrected chi connectivity index (χ2v) is 4.79. The average Bonchev–Trinajstić information content (AvgIpc) is 2.04. The molecule has 0 amide bonds. The van der Waals surface area contributed by atoms with Crippen molar-refractivity contribution in [2.45, 2.75) is 25.3 Å². The molecule has 0 aromatic rings. The monoisotopic (exact) mass is 205 g/mol. The van der Waals surface area contributed by atoms with Gasteiger partial charge >= 0.3 is 0 Å². The van der Waals surface area contributed by atoms with Gasteiger partial charge in [0.15, 0.2) is 0 Å². The minimum Gasteiger partial charge on any atom is -0.313 e. The van der Waals surface area contributed by atoms with Crippen LogP contribution in [0, 0.1) is 0 Å². The van der Waals surface area contributed by atoms with Crippen LogP contribution in [0.25, 0.3) is 0 Å². The molecule has 0 fully saturated rings. The highest BCUT2D eigenvalue weighted by Gasteiger charge is 2.10. The molecule has 0 spiro atoms. The second kappa shape index (κ2) is 4.74. The Morgan fingerprint density at radius 1 is 1.46 bits per heavy atom. The van der Waals surface area contributed by atoms with Gasteiger partial charge in [-0.3, -0.25) is 4.55 Å². The maximum atomic E-state index is 10.4. The number of hydrogen-bond acceptors (Lipinski definition) is 3. The lowest BCUT2D eigenvalue weighted by Crippen LogP contribution is -2.33. The van der Waals surface area contributed by atoms with Gasteiger partial charge in [0, 0.05) is 12.6 Å². The molecule has 1 rings (SSSR count). The van der Waals surface area contributed by atoms with Crippen molar-refractivity contribution in [3.05, 3.63) is 12.2 Å². The van der Waals surface area contributed by atoms with Crippen LogP contribution in [-0.2, 0) is 10.1 Å². The maximum absolute atomic E-state index is 10.4. The smallest absolute Gasteiger partial charge is 0.266 e. The second-order valence-electron chi connectivity index (χ2n) is 3.22. The minimum absolute atomic E-state index is 0.201. The molecule has 0 aromatic heterocycles. The highest BCUT2D eigenvalue weighted by molar-refractivity contribution is 7.85. The van der Waals surface area contributed by atoms with E-state index >= 15 is 0 Å². The quantitative estimate of drug-likeness (QED) is 0.520. The Hall–Kier alpha value is -0.390. The summed E-state index contributed by atoms with van der Waals surface area (Å²) in [5, 5.41) is 3.09. The van der Waals surface area contributed by atoms with Gasteiger partial charge in [0.25, 0.3) is 10.1 Å². The largest absolute Gasteiger partial charge is 0.313 e. The van der Waals surface area contributed by atoms with Crippen LogP contribution < -0.4 is 5.32 Å². The molecule has 1 aliphatic carbocycles. The van der Waals surface area contributed by atoms with Crippen LogP contribution in [0.2, 0.25) is 0 Å². The molecule has 0 saturated heterocycles. The third-order valence-electron chi connectivity index (χ3n) is 2.06. The first-order chi connectivity index (χ1) is 6.08. The predicted octanol–water partition coefficient (Wildman–Crippen LogP) is 0.573. The maximum Gasteiger partial charge on any atom is 0.266 e. The summed E-state index contributed by atoms with van der Waals surface area (Å²) >= 11 is 0. The molecule has 0 bridgehead atoms. The van der Waals surface area contributed by atoms with Crippen LogP contribution in [-0.4, -0.2) is 31.3 Å². The Kier molecular flexibility index (Phi) is 3.90. The summed E-state index contributed by atoms with van der Waals surface area (Å²) in [5.74, 6) is -0.201. The zero-order valence-electron chi connectivity index (χ0n) is 7.44. The number of hydrogen-bond donors (Lipinski definition) is 2. The van der Waals surface area contributed by atoms with E-state index in [9.17, 15) is 8.42 Å². The molecule has 1 atom stereocenters. The molecule has 5 heteroatoms. The van der Waals surface area contributed by atoms with Crippen molar-refractivity contribution in [1.29, 1.82) is 0 Å². The predicted molar refractivity (Wildman–Crippen MR) is 51.2 cm³/mol. The van der Waals surface area contributed by atoms with Gasteiger partial charge < -0.3 is 5.32 Å².